The van der Waals surface area contributed by atoms with E-state index in [0.29, 0.717) is 29.1 Å². The van der Waals surface area contributed by atoms with Crippen molar-refractivity contribution in [2.75, 3.05) is 32.6 Å². The lowest BCUT2D eigenvalue weighted by Crippen LogP contribution is -2.28. The molecular formula is C16H22N6O2. The molecule has 1 aliphatic rings. The molecule has 1 N–H and O–H groups in total. The molecule has 0 bridgehead atoms. The standard InChI is InChI=1S/C16H22N6O2/c1-21(2)15(23)14-10-13(20-22(14)3)12-4-7-17-16(19-12)18-11-5-8-24-9-6-11/h4,7,10-11H,5-6,8-9H2,1-3H3,(H,17,18,19). The van der Waals surface area contributed by atoms with E-state index in [9.17, 15) is 4.79 Å². The molecule has 0 radical (unpaired) electrons. The summed E-state index contributed by atoms with van der Waals surface area (Å²) in [5, 5.41) is 7.74. The van der Waals surface area contributed by atoms with Crippen LogP contribution in [0.5, 0.6) is 0 Å². The topological polar surface area (TPSA) is 85.2 Å². The van der Waals surface area contributed by atoms with Crippen molar-refractivity contribution in [2.24, 2.45) is 7.05 Å². The van der Waals surface area contributed by atoms with Crippen molar-refractivity contribution in [2.45, 2.75) is 18.9 Å². The van der Waals surface area contributed by atoms with Crippen LogP contribution in [0.1, 0.15) is 23.3 Å². The summed E-state index contributed by atoms with van der Waals surface area (Å²) in [7, 11) is 5.19. The highest BCUT2D eigenvalue weighted by molar-refractivity contribution is 5.93. The molecule has 1 amide bonds. The second-order valence-corrected chi connectivity index (χ2v) is 6.03. The molecule has 1 saturated heterocycles. The van der Waals surface area contributed by atoms with Crippen LogP contribution in [0, 0.1) is 0 Å². The molecule has 3 rings (SSSR count). The molecule has 128 valence electrons. The first-order chi connectivity index (χ1) is 11.5. The van der Waals surface area contributed by atoms with Gasteiger partial charge in [0.05, 0.1) is 5.69 Å². The van der Waals surface area contributed by atoms with E-state index in [2.05, 4.69) is 20.4 Å². The summed E-state index contributed by atoms with van der Waals surface area (Å²) in [4.78, 5) is 22.5. The molecule has 2 aromatic rings. The molecule has 24 heavy (non-hydrogen) atoms. The summed E-state index contributed by atoms with van der Waals surface area (Å²) in [6, 6.07) is 3.87. The van der Waals surface area contributed by atoms with Crippen molar-refractivity contribution in [1.29, 1.82) is 0 Å². The highest BCUT2D eigenvalue weighted by Gasteiger charge is 2.18. The highest BCUT2D eigenvalue weighted by Crippen LogP contribution is 2.19. The monoisotopic (exact) mass is 330 g/mol. The molecule has 0 saturated carbocycles. The Kier molecular flexibility index (Phi) is 4.75. The minimum Gasteiger partial charge on any atom is -0.381 e. The summed E-state index contributed by atoms with van der Waals surface area (Å²) < 4.78 is 6.93. The van der Waals surface area contributed by atoms with Gasteiger partial charge in [-0.1, -0.05) is 0 Å². The summed E-state index contributed by atoms with van der Waals surface area (Å²) in [6.07, 6.45) is 3.59. The number of nitrogens with one attached hydrogen (secondary N) is 1. The number of anilines is 1. The summed E-state index contributed by atoms with van der Waals surface area (Å²) in [6.45, 7) is 1.52. The maximum Gasteiger partial charge on any atom is 0.271 e. The van der Waals surface area contributed by atoms with Crippen molar-refractivity contribution in [3.8, 4) is 11.4 Å². The van der Waals surface area contributed by atoms with Gasteiger partial charge < -0.3 is 15.0 Å². The molecule has 0 unspecified atom stereocenters. The fraction of sp³-hybridized carbons (Fsp3) is 0.500. The number of rotatable bonds is 4. The molecule has 1 aliphatic heterocycles. The van der Waals surface area contributed by atoms with Gasteiger partial charge in [0, 0.05) is 46.6 Å². The third kappa shape index (κ3) is 3.53. The maximum atomic E-state index is 12.1. The summed E-state index contributed by atoms with van der Waals surface area (Å²) in [5.74, 6) is 0.483. The van der Waals surface area contributed by atoms with E-state index in [1.54, 1.807) is 44.2 Å². The van der Waals surface area contributed by atoms with E-state index in [-0.39, 0.29) is 5.91 Å². The van der Waals surface area contributed by atoms with Crippen molar-refractivity contribution < 1.29 is 9.53 Å². The van der Waals surface area contributed by atoms with Crippen LogP contribution in [0.25, 0.3) is 11.4 Å². The van der Waals surface area contributed by atoms with Crippen LogP contribution < -0.4 is 5.32 Å². The Morgan fingerprint density at radius 3 is 2.79 bits per heavy atom. The zero-order valence-corrected chi connectivity index (χ0v) is 14.2. The molecule has 8 nitrogen and oxygen atoms in total. The number of nitrogens with zero attached hydrogens (tertiary/aromatic N) is 5. The number of ether oxygens (including phenoxy) is 1. The van der Waals surface area contributed by atoms with Crippen molar-refractivity contribution in [3.63, 3.8) is 0 Å². The molecule has 0 aliphatic carbocycles. The first kappa shape index (κ1) is 16.4. The number of carbonyl (C=O) groups excluding carboxylic acids is 1. The van der Waals surface area contributed by atoms with E-state index in [4.69, 9.17) is 4.74 Å². The minimum absolute atomic E-state index is 0.0918. The Morgan fingerprint density at radius 1 is 1.33 bits per heavy atom. The lowest BCUT2D eigenvalue weighted by Gasteiger charge is -2.23. The Labute approximate surface area is 140 Å². The number of hydrogen-bond acceptors (Lipinski definition) is 6. The van der Waals surface area contributed by atoms with Gasteiger partial charge in [0.25, 0.3) is 5.91 Å². The molecule has 0 atom stereocenters. The van der Waals surface area contributed by atoms with Crippen molar-refractivity contribution >= 4 is 11.9 Å². The van der Waals surface area contributed by atoms with Crippen LogP contribution in [0.2, 0.25) is 0 Å². The van der Waals surface area contributed by atoms with Crippen LogP contribution in [0.3, 0.4) is 0 Å². The maximum absolute atomic E-state index is 12.1. The average Bonchev–Trinajstić information content (AvgIpc) is 2.97. The average molecular weight is 330 g/mol. The quantitative estimate of drug-likeness (QED) is 0.906. The molecular weight excluding hydrogens is 308 g/mol. The van der Waals surface area contributed by atoms with E-state index in [1.807, 2.05) is 0 Å². The SMILES string of the molecule is CN(C)C(=O)c1cc(-c2ccnc(NC3CCOCC3)n2)nn1C. The fourth-order valence-electron chi connectivity index (χ4n) is 2.62. The van der Waals surface area contributed by atoms with E-state index < -0.39 is 0 Å². The predicted molar refractivity (Wildman–Crippen MR) is 89.7 cm³/mol. The Bertz CT molecular complexity index is 721. The van der Waals surface area contributed by atoms with Gasteiger partial charge >= 0.3 is 0 Å². The molecule has 8 heteroatoms. The van der Waals surface area contributed by atoms with Gasteiger partial charge in [-0.3, -0.25) is 9.48 Å². The molecule has 2 aromatic heterocycles. The molecule has 0 spiro atoms. The predicted octanol–water partition coefficient (Wildman–Crippen LogP) is 1.17. The van der Waals surface area contributed by atoms with Gasteiger partial charge in [-0.2, -0.15) is 5.10 Å². The number of carbonyl (C=O) groups is 1. The lowest BCUT2D eigenvalue weighted by molar-refractivity contribution is 0.0817. The van der Waals surface area contributed by atoms with Crippen molar-refractivity contribution in [1.82, 2.24) is 24.6 Å². The van der Waals surface area contributed by atoms with Crippen LogP contribution in [0.15, 0.2) is 18.3 Å². The molecule has 1 fully saturated rings. The third-order valence-corrected chi connectivity index (χ3v) is 3.98. The summed E-state index contributed by atoms with van der Waals surface area (Å²) >= 11 is 0. The largest absolute Gasteiger partial charge is 0.381 e. The number of aryl methyl sites for hydroxylation is 1. The van der Waals surface area contributed by atoms with Crippen LogP contribution >= 0.6 is 0 Å². The summed E-state index contributed by atoms with van der Waals surface area (Å²) in [5.41, 5.74) is 1.86. The Balaban J connectivity index is 1.81. The highest BCUT2D eigenvalue weighted by atomic mass is 16.5. The van der Waals surface area contributed by atoms with Gasteiger partial charge in [-0.05, 0) is 25.0 Å². The van der Waals surface area contributed by atoms with Gasteiger partial charge in [-0.15, -0.1) is 0 Å². The number of amides is 1. The van der Waals surface area contributed by atoms with Crippen LogP contribution in [-0.4, -0.2) is 63.9 Å². The lowest BCUT2D eigenvalue weighted by atomic mass is 10.1. The molecule has 3 heterocycles. The fourth-order valence-corrected chi connectivity index (χ4v) is 2.62. The van der Waals surface area contributed by atoms with Gasteiger partial charge in [0.15, 0.2) is 0 Å². The smallest absolute Gasteiger partial charge is 0.271 e. The number of aromatic nitrogens is 4. The van der Waals surface area contributed by atoms with E-state index in [0.717, 1.165) is 26.1 Å². The second-order valence-electron chi connectivity index (χ2n) is 6.03. The second kappa shape index (κ2) is 6.96. The molecule has 0 aromatic carbocycles. The van der Waals surface area contributed by atoms with Crippen LogP contribution in [0.4, 0.5) is 5.95 Å². The third-order valence-electron chi connectivity index (χ3n) is 3.98. The van der Waals surface area contributed by atoms with Gasteiger partial charge in [-0.25, -0.2) is 9.97 Å². The first-order valence-electron chi connectivity index (χ1n) is 7.98. The van der Waals surface area contributed by atoms with Crippen molar-refractivity contribution in [3.05, 3.63) is 24.0 Å². The Hall–Kier alpha value is -2.48. The minimum atomic E-state index is -0.0918. The van der Waals surface area contributed by atoms with Gasteiger partial charge in [0.2, 0.25) is 5.95 Å². The van der Waals surface area contributed by atoms with E-state index >= 15 is 0 Å². The van der Waals surface area contributed by atoms with E-state index in [1.165, 1.54) is 4.90 Å². The normalized spacial score (nSPS) is 15.3. The van der Waals surface area contributed by atoms with Gasteiger partial charge in [0.1, 0.15) is 11.4 Å². The first-order valence-corrected chi connectivity index (χ1v) is 7.98. The van der Waals surface area contributed by atoms with Crippen LogP contribution in [-0.2, 0) is 11.8 Å². The zero-order chi connectivity index (χ0) is 17.1. The number of hydrogen-bond donors (Lipinski definition) is 1. The Morgan fingerprint density at radius 2 is 2.08 bits per heavy atom. The zero-order valence-electron chi connectivity index (χ0n) is 14.2.